The van der Waals surface area contributed by atoms with Crippen LogP contribution >= 0.6 is 0 Å². The molecule has 71 heavy (non-hydrogen) atoms. The Labute approximate surface area is 416 Å². The van der Waals surface area contributed by atoms with Crippen LogP contribution in [0.4, 0.5) is 5.82 Å². The normalized spacial score (nSPS) is 16.7. The van der Waals surface area contributed by atoms with Crippen LogP contribution in [0.1, 0.15) is 157 Å². The number of benzene rings is 2. The zero-order valence-corrected chi connectivity index (χ0v) is 42.2. The first-order valence-corrected chi connectivity index (χ1v) is 25.9. The van der Waals surface area contributed by atoms with Gasteiger partial charge in [0.15, 0.2) is 0 Å². The summed E-state index contributed by atoms with van der Waals surface area (Å²) in [6.07, 6.45) is 16.8. The largest absolute Gasteiger partial charge is 0.493 e. The first-order valence-electron chi connectivity index (χ1n) is 25.9. The van der Waals surface area contributed by atoms with E-state index in [1.54, 1.807) is 18.2 Å². The number of unbranched alkanes of at least 4 members (excludes halogenated alkanes) is 9. The van der Waals surface area contributed by atoms with Crippen molar-refractivity contribution in [2.24, 2.45) is 0 Å². The van der Waals surface area contributed by atoms with Crippen LogP contribution in [0.2, 0.25) is 0 Å². The molecule has 0 bridgehead atoms. The summed E-state index contributed by atoms with van der Waals surface area (Å²) >= 11 is 0. The van der Waals surface area contributed by atoms with Crippen LogP contribution in [0.5, 0.6) is 5.75 Å². The predicted molar refractivity (Wildman–Crippen MR) is 276 cm³/mol. The van der Waals surface area contributed by atoms with Crippen molar-refractivity contribution in [2.45, 2.75) is 137 Å². The van der Waals surface area contributed by atoms with Gasteiger partial charge in [-0.2, -0.15) is 0 Å². The van der Waals surface area contributed by atoms with Crippen molar-refractivity contribution < 1.29 is 28.7 Å². The maximum Gasteiger partial charge on any atom is 0.266 e. The van der Waals surface area contributed by atoms with E-state index in [1.807, 2.05) is 32.2 Å². The van der Waals surface area contributed by atoms with Crippen molar-refractivity contribution in [3.63, 3.8) is 0 Å². The van der Waals surface area contributed by atoms with Gasteiger partial charge in [0.2, 0.25) is 11.8 Å². The number of carbonyl (C=O) groups is 5. The number of pyridine rings is 2. The monoisotopic (exact) mass is 967 g/mol. The molecule has 0 aliphatic carbocycles. The Balaban J connectivity index is 0.722. The molecule has 3 aliphatic heterocycles. The van der Waals surface area contributed by atoms with Crippen molar-refractivity contribution in [3.8, 4) is 16.9 Å². The minimum atomic E-state index is -0.997. The van der Waals surface area contributed by atoms with Crippen LogP contribution < -0.4 is 25.8 Å². The Hall–Kier alpha value is -6.61. The Bertz CT molecular complexity index is 2820. The number of piperidine rings is 1. The number of aromatic nitrogens is 3. The molecule has 0 radical (unpaired) electrons. The molecular formula is C56H70N8O7. The number of amides is 5. The lowest BCUT2D eigenvalue weighted by Gasteiger charge is -2.35. The number of hydrogen-bond donors (Lipinski definition) is 3. The second-order valence-corrected chi connectivity index (χ2v) is 19.8. The molecule has 3 N–H and O–H groups in total. The van der Waals surface area contributed by atoms with Crippen molar-refractivity contribution in [2.75, 3.05) is 44.2 Å². The number of anilines is 1. The SMILES string of the molecule is CC[C@H](C)n1cc(C)c2c(C(=O)NCc3c(C)cc(C)[nH]c3=O)cc(-c3ccc(N4CCN(CCCCCCCCCCCCOc5cccc6c5C(=O)N(C5CCC(=O)NC5=O)C6=O)CC4)nc3)cc21. The Kier molecular flexibility index (Phi) is 16.5. The highest BCUT2D eigenvalue weighted by Gasteiger charge is 2.46. The zero-order valence-electron chi connectivity index (χ0n) is 42.2. The second kappa shape index (κ2) is 23.1. The molecule has 3 aliphatic rings. The summed E-state index contributed by atoms with van der Waals surface area (Å²) in [4.78, 5) is 90.8. The summed E-state index contributed by atoms with van der Waals surface area (Å²) in [5.41, 5.74) is 6.96. The van der Waals surface area contributed by atoms with Gasteiger partial charge in [-0.3, -0.25) is 43.9 Å². The lowest BCUT2D eigenvalue weighted by Crippen LogP contribution is -2.54. The number of fused-ring (bicyclic) bond motifs is 2. The molecular weight excluding hydrogens is 897 g/mol. The van der Waals surface area contributed by atoms with Gasteiger partial charge in [0.25, 0.3) is 23.3 Å². The molecule has 1 unspecified atom stereocenters. The standard InChI is InChI=1S/C56H70N8O7/c1-6-39(5)63-35-37(3)50-43(52(66)58-34-44-36(2)30-38(4)59-53(44)67)31-41(32-46(50)63)40-20-22-48(57-33-40)62-27-25-61(26-28-62)24-15-13-11-9-7-8-10-12-14-16-29-71-47-19-17-18-42-51(47)56(70)64(55(42)69)45-21-23-49(65)60-54(45)68/h17-20,22,30-33,35,39,45H,6-16,21,23-29,34H2,1-5H3,(H,58,66)(H,59,67)(H,60,65,68)/t39-,45?/m0/s1. The van der Waals surface area contributed by atoms with E-state index in [4.69, 9.17) is 9.72 Å². The second-order valence-electron chi connectivity index (χ2n) is 19.8. The van der Waals surface area contributed by atoms with E-state index < -0.39 is 29.7 Å². The number of H-pyrrole nitrogens is 1. The van der Waals surface area contributed by atoms with Gasteiger partial charge in [-0.25, -0.2) is 4.98 Å². The average Bonchev–Trinajstić information content (AvgIpc) is 3.83. The van der Waals surface area contributed by atoms with Crippen molar-refractivity contribution >= 4 is 46.3 Å². The molecule has 2 atom stereocenters. The summed E-state index contributed by atoms with van der Waals surface area (Å²) in [7, 11) is 0. The molecule has 0 saturated carbocycles. The van der Waals surface area contributed by atoms with E-state index >= 15 is 0 Å². The number of carbonyl (C=O) groups excluding carboxylic acids is 5. The molecule has 6 heterocycles. The Morgan fingerprint density at radius 2 is 1.55 bits per heavy atom. The number of nitrogens with zero attached hydrogens (tertiary/aromatic N) is 5. The quantitative estimate of drug-likeness (QED) is 0.0449. The highest BCUT2D eigenvalue weighted by atomic mass is 16.5. The predicted octanol–water partition coefficient (Wildman–Crippen LogP) is 8.72. The number of aromatic amines is 1. The van der Waals surface area contributed by atoms with Gasteiger partial charge in [-0.15, -0.1) is 0 Å². The summed E-state index contributed by atoms with van der Waals surface area (Å²) in [5.74, 6) is -0.990. The van der Waals surface area contributed by atoms with Crippen LogP contribution in [0.3, 0.4) is 0 Å². The number of imide groups is 2. The first-order chi connectivity index (χ1) is 34.3. The minimum Gasteiger partial charge on any atom is -0.493 e. The van der Waals surface area contributed by atoms with Crippen molar-refractivity contribution in [1.29, 1.82) is 0 Å². The highest BCUT2D eigenvalue weighted by Crippen LogP contribution is 2.36. The fourth-order valence-corrected chi connectivity index (χ4v) is 10.4. The van der Waals surface area contributed by atoms with Crippen LogP contribution in [-0.2, 0) is 16.1 Å². The van der Waals surface area contributed by atoms with Gasteiger partial charge < -0.3 is 24.5 Å². The van der Waals surface area contributed by atoms with E-state index in [0.29, 0.717) is 23.5 Å². The van der Waals surface area contributed by atoms with Gasteiger partial charge in [-0.05, 0) is 119 Å². The lowest BCUT2D eigenvalue weighted by molar-refractivity contribution is -0.136. The molecule has 0 spiro atoms. The summed E-state index contributed by atoms with van der Waals surface area (Å²) in [6, 6.07) is 14.5. The van der Waals surface area contributed by atoms with Crippen LogP contribution in [0, 0.1) is 20.8 Å². The molecule has 2 fully saturated rings. The topological polar surface area (TPSA) is 179 Å². The smallest absolute Gasteiger partial charge is 0.266 e. The third-order valence-electron chi connectivity index (χ3n) is 14.7. The molecule has 15 nitrogen and oxygen atoms in total. The maximum absolute atomic E-state index is 14.0. The molecule has 5 amide bonds. The fourth-order valence-electron chi connectivity index (χ4n) is 10.4. The number of aryl methyl sites for hydroxylation is 3. The van der Waals surface area contributed by atoms with Crippen molar-refractivity contribution in [3.05, 3.63) is 110 Å². The molecule has 8 rings (SSSR count). The number of rotatable bonds is 22. The molecule has 376 valence electrons. The van der Waals surface area contributed by atoms with E-state index in [2.05, 4.69) is 75.2 Å². The summed E-state index contributed by atoms with van der Waals surface area (Å²) in [5, 5.41) is 6.21. The lowest BCUT2D eigenvalue weighted by atomic mass is 9.98. The van der Waals surface area contributed by atoms with Gasteiger partial charge in [0, 0.05) is 90.9 Å². The van der Waals surface area contributed by atoms with Gasteiger partial charge in [0.05, 0.1) is 17.7 Å². The van der Waals surface area contributed by atoms with Gasteiger partial charge in [0.1, 0.15) is 17.6 Å². The molecule has 2 aromatic carbocycles. The number of nitrogens with one attached hydrogen (secondary N) is 3. The molecule has 5 aromatic rings. The third kappa shape index (κ3) is 11.6. The van der Waals surface area contributed by atoms with Crippen LogP contribution in [0.25, 0.3) is 22.0 Å². The first kappa shape index (κ1) is 50.8. The zero-order chi connectivity index (χ0) is 50.2. The fraction of sp³-hybridized carbons (Fsp3) is 0.482. The number of piperazine rings is 1. The minimum absolute atomic E-state index is 0.0810. The maximum atomic E-state index is 14.0. The highest BCUT2D eigenvalue weighted by molar-refractivity contribution is 6.24. The van der Waals surface area contributed by atoms with Gasteiger partial charge in [-0.1, -0.05) is 64.4 Å². The van der Waals surface area contributed by atoms with Gasteiger partial charge >= 0.3 is 0 Å². The average molecular weight is 967 g/mol. The number of hydrogen-bond acceptors (Lipinski definition) is 10. The Morgan fingerprint density at radius 1 is 0.831 bits per heavy atom. The molecule has 3 aromatic heterocycles. The van der Waals surface area contributed by atoms with Crippen LogP contribution in [-0.4, -0.2) is 99.2 Å². The van der Waals surface area contributed by atoms with E-state index in [9.17, 15) is 28.8 Å². The van der Waals surface area contributed by atoms with E-state index in [1.165, 1.54) is 44.9 Å². The van der Waals surface area contributed by atoms with E-state index in [0.717, 1.165) is 108 Å². The summed E-state index contributed by atoms with van der Waals surface area (Å²) < 4.78 is 8.26. The Morgan fingerprint density at radius 3 is 2.23 bits per heavy atom. The number of ether oxygens (including phenoxy) is 1. The van der Waals surface area contributed by atoms with E-state index in [-0.39, 0.29) is 48.0 Å². The van der Waals surface area contributed by atoms with Crippen LogP contribution in [0.15, 0.2) is 65.7 Å². The van der Waals surface area contributed by atoms with Crippen molar-refractivity contribution in [1.82, 2.24) is 35.0 Å². The third-order valence-corrected chi connectivity index (χ3v) is 14.7. The molecule has 2 saturated heterocycles. The summed E-state index contributed by atoms with van der Waals surface area (Å²) in [6.45, 7) is 15.8. The molecule has 15 heteroatoms.